The van der Waals surface area contributed by atoms with Crippen molar-refractivity contribution >= 4 is 157 Å². The molecule has 87 heavy (non-hydrogen) atoms. The van der Waals surface area contributed by atoms with Crippen molar-refractivity contribution in [2.24, 2.45) is 31.8 Å². The van der Waals surface area contributed by atoms with Crippen LogP contribution in [-0.4, -0.2) is 177 Å². The van der Waals surface area contributed by atoms with E-state index < -0.39 is 125 Å². The Morgan fingerprint density at radius 1 is 0.770 bits per heavy atom. The molecule has 1 aromatic rings. The highest BCUT2D eigenvalue weighted by Gasteiger charge is 2.39. The molecule has 4 unspecified atom stereocenters. The third kappa shape index (κ3) is 25.8. The van der Waals surface area contributed by atoms with Gasteiger partial charge in [0.05, 0.1) is 69.2 Å². The lowest BCUT2D eigenvalue weighted by Gasteiger charge is -2.32. The quantitative estimate of drug-likeness (QED) is 0.0452. The van der Waals surface area contributed by atoms with E-state index in [1.165, 1.54) is 32.4 Å². The van der Waals surface area contributed by atoms with Crippen molar-refractivity contribution in [3.05, 3.63) is 29.8 Å². The molecule has 0 radical (unpaired) electrons. The third-order valence-electron chi connectivity index (χ3n) is 14.0. The van der Waals surface area contributed by atoms with Crippen LogP contribution in [0.15, 0.2) is 24.1 Å². The number of aromatic nitrogens is 2. The summed E-state index contributed by atoms with van der Waals surface area (Å²) in [6, 6.07) is -10.1. The van der Waals surface area contributed by atoms with Gasteiger partial charge in [-0.05, 0) is 96.5 Å². The smallest absolute Gasteiger partial charge is 0.252 e. The van der Waals surface area contributed by atoms with E-state index in [0.717, 1.165) is 17.5 Å². The Kier molecular flexibility index (Phi) is 33.4. The molecule has 0 saturated heterocycles. The van der Waals surface area contributed by atoms with E-state index in [0.29, 0.717) is 38.5 Å². The zero-order valence-electron chi connectivity index (χ0n) is 52.6. The highest BCUT2D eigenvalue weighted by molar-refractivity contribution is 8.02. The van der Waals surface area contributed by atoms with Gasteiger partial charge >= 0.3 is 0 Å². The third-order valence-corrected chi connectivity index (χ3v) is 17.7. The van der Waals surface area contributed by atoms with Gasteiger partial charge in [-0.3, -0.25) is 38.4 Å². The number of aliphatic hydroxyl groups is 2. The molecule has 2 heterocycles. The number of carbonyl (C=O) groups excluding carboxylic acids is 8. The number of hydrogen-bond acceptors (Lipinski definition) is 17. The summed E-state index contributed by atoms with van der Waals surface area (Å²) in [7, 11) is 3.39. The van der Waals surface area contributed by atoms with Gasteiger partial charge in [0, 0.05) is 18.4 Å². The molecule has 1 aromatic heterocycles. The fourth-order valence-corrected chi connectivity index (χ4v) is 11.3. The van der Waals surface area contributed by atoms with Crippen molar-refractivity contribution in [2.45, 2.75) is 194 Å². The number of carbonyl (C=O) groups is 8. The summed E-state index contributed by atoms with van der Waals surface area (Å²) in [5.74, 6) is -5.48. The second-order valence-corrected chi connectivity index (χ2v) is 27.1. The van der Waals surface area contributed by atoms with Gasteiger partial charge in [0.15, 0.2) is 5.69 Å². The van der Waals surface area contributed by atoms with Crippen molar-refractivity contribution in [1.29, 1.82) is 0 Å². The largest absolute Gasteiger partial charge is 0.382 e. The topological polar surface area (TPSA) is 330 Å². The number of thiocarbonyl (C=S) groups is 5. The number of Topliss-reactive ketones (excluding diaryl/α,β-unsaturated/α-hetero) is 1. The molecule has 2 rings (SSSR count). The molecular weight excluding hydrogens is 1250 g/mol. The predicted octanol–water partition coefficient (Wildman–Crippen LogP) is 0.885. The van der Waals surface area contributed by atoms with Gasteiger partial charge < -0.3 is 74.0 Å². The summed E-state index contributed by atoms with van der Waals surface area (Å²) in [6.45, 7) is 21.9. The van der Waals surface area contributed by atoms with Crippen LogP contribution >= 0.6 is 84.6 Å². The molecule has 1 aliphatic heterocycles. The minimum atomic E-state index is -1.92. The molecule has 1 aliphatic rings. The number of amides is 7. The van der Waals surface area contributed by atoms with Crippen LogP contribution in [0.3, 0.4) is 0 Å². The number of thioether (sulfide) groups is 2. The number of aryl methyl sites for hydroxylation is 2. The van der Waals surface area contributed by atoms with E-state index in [1.54, 1.807) is 75.2 Å². The average molecular weight is 1350 g/mol. The first kappa shape index (κ1) is 78.1. The summed E-state index contributed by atoms with van der Waals surface area (Å²) in [6.07, 6.45) is 5.74. The van der Waals surface area contributed by atoms with Crippen molar-refractivity contribution in [2.75, 3.05) is 17.8 Å². The van der Waals surface area contributed by atoms with Gasteiger partial charge in [-0.15, -0.1) is 11.8 Å². The molecule has 0 fully saturated rings. The fraction of sp³-hybridized carbons (Fsp3) is 0.679. The van der Waals surface area contributed by atoms with Crippen LogP contribution in [0.2, 0.25) is 0 Å². The molecule has 0 aliphatic carbocycles. The van der Waals surface area contributed by atoms with Crippen molar-refractivity contribution in [3.63, 3.8) is 0 Å². The van der Waals surface area contributed by atoms with E-state index >= 15 is 0 Å². The maximum Gasteiger partial charge on any atom is 0.252 e. The van der Waals surface area contributed by atoms with Crippen LogP contribution in [-0.2, 0) is 52.5 Å². The minimum absolute atomic E-state index is 0.104. The van der Waals surface area contributed by atoms with Crippen LogP contribution in [0, 0.1) is 17.8 Å². The Morgan fingerprint density at radius 2 is 1.32 bits per heavy atom. The minimum Gasteiger partial charge on any atom is -0.382 e. The van der Waals surface area contributed by atoms with Crippen LogP contribution < -0.4 is 68.4 Å². The molecule has 0 aromatic carbocycles. The molecule has 14 atom stereocenters. The maximum atomic E-state index is 14.3. The second-order valence-electron chi connectivity index (χ2n) is 23.0. The number of hydrogen-bond donors (Lipinski definition) is 14. The monoisotopic (exact) mass is 1350 g/mol. The molecule has 14 N–H and O–H groups in total. The van der Waals surface area contributed by atoms with Crippen LogP contribution in [0.5, 0.6) is 0 Å². The molecular formula is C56H93N14O10S7+. The zero-order chi connectivity index (χ0) is 66.4. The standard InChI is InChI=1S/C56H92N14O10S7/c1-17-29(6)41-49(78)58-31(8)44(73)63-37(22-27(2)3)46(75)67-42(43(72)39-24-69(14)26-70(39)15)48(77)57-19-21-87-25-38(47(76)66-41)64-45(74)32(9)59-50(81)33(10)60-51(82)34(11)61-52(83)35(12)62-53(84)36(18-20-86-16)65-54(85)40(28(4)5)68-55(79)56(13,80)23-30(7)71/h19,21,24,26-29,31-38,40-43,72,80H,17-18,20,22-23,25H2,1-16H3,(H11-,57,58,59,60,61,62,63,64,65,66,67,68,73,74,75,76,77,78,79,81,82,83,84,85)/p+1/b21-19-/t29?,31-,32-,33-,34-,35-,36-,37-,38-,40-,41-,42?,43?,56?/m0/s1. The molecule has 24 nitrogen and oxygen atoms in total. The van der Waals surface area contributed by atoms with E-state index in [-0.39, 0.29) is 41.2 Å². The first-order chi connectivity index (χ1) is 40.5. The van der Waals surface area contributed by atoms with Crippen molar-refractivity contribution in [3.8, 4) is 0 Å². The Morgan fingerprint density at radius 3 is 1.83 bits per heavy atom. The lowest BCUT2D eigenvalue weighted by atomic mass is 9.96. The number of aliphatic hydroxyl groups excluding tert-OH is 1. The Hall–Kier alpha value is -5.02. The fourth-order valence-electron chi connectivity index (χ4n) is 8.63. The summed E-state index contributed by atoms with van der Waals surface area (Å²) >= 11 is 31.6. The first-order valence-electron chi connectivity index (χ1n) is 28.8. The average Bonchev–Trinajstić information content (AvgIpc) is 2.68. The van der Waals surface area contributed by atoms with Gasteiger partial charge in [0.1, 0.15) is 59.9 Å². The predicted molar refractivity (Wildman–Crippen MR) is 362 cm³/mol. The number of rotatable bonds is 26. The lowest BCUT2D eigenvalue weighted by Crippen LogP contribution is -2.61. The molecule has 7 amide bonds. The Labute approximate surface area is 547 Å². The van der Waals surface area contributed by atoms with Gasteiger partial charge in [0.2, 0.25) is 41.8 Å². The summed E-state index contributed by atoms with van der Waals surface area (Å²) in [4.78, 5) is 110. The zero-order valence-corrected chi connectivity index (χ0v) is 58.3. The maximum absolute atomic E-state index is 14.3. The van der Waals surface area contributed by atoms with Gasteiger partial charge in [-0.2, -0.15) is 11.8 Å². The first-order valence-corrected chi connectivity index (χ1v) is 33.3. The second kappa shape index (κ2) is 37.2. The van der Waals surface area contributed by atoms with Crippen LogP contribution in [0.25, 0.3) is 0 Å². The highest BCUT2D eigenvalue weighted by Crippen LogP contribution is 2.19. The molecule has 488 valence electrons. The molecule has 31 heteroatoms. The van der Waals surface area contributed by atoms with E-state index in [9.17, 15) is 48.6 Å². The SMILES string of the molecule is CCC(C)[C@@H]1NC(=O)[C@@H](NC(=O)[C@H](C)NC(=S)[C@H](C)NC(=S)[C@H](C)NC(=S)[C@H](C)NC(=S)[C@H](CCSC)NC(=S)[C@@H](NC(=O)C(C)(O)CC(C)=O)C(C)C)CS/C=C\NC(=O)C(C(O)c2c[n+](C)cn2C)NC(=O)[C@H](CC(C)C)NC(=O)[C@H](C)NC1=O. The van der Waals surface area contributed by atoms with E-state index in [2.05, 4.69) is 63.8 Å². The number of nitrogens with one attached hydrogen (secondary N) is 12. The molecule has 0 bridgehead atoms. The number of nitrogens with zero attached hydrogens (tertiary/aromatic N) is 2. The summed E-state index contributed by atoms with van der Waals surface area (Å²) in [5.41, 5.74) is -1.62. The Bertz CT molecular complexity index is 2680. The van der Waals surface area contributed by atoms with Crippen molar-refractivity contribution < 1.29 is 53.1 Å². The summed E-state index contributed by atoms with van der Waals surface area (Å²) in [5, 5.41) is 58.7. The van der Waals surface area contributed by atoms with Crippen LogP contribution in [0.1, 0.15) is 127 Å². The normalized spacial score (nSPS) is 22.0. The number of imidazole rings is 1. The Balaban J connectivity index is 2.26. The van der Waals surface area contributed by atoms with Crippen LogP contribution in [0.4, 0.5) is 0 Å². The van der Waals surface area contributed by atoms with E-state index in [4.69, 9.17) is 61.1 Å². The van der Waals surface area contributed by atoms with Crippen molar-refractivity contribution in [1.82, 2.24) is 68.4 Å². The van der Waals surface area contributed by atoms with Gasteiger partial charge in [-0.25, -0.2) is 9.13 Å². The summed E-state index contributed by atoms with van der Waals surface area (Å²) < 4.78 is 3.26. The van der Waals surface area contributed by atoms with E-state index in [1.807, 2.05) is 47.8 Å². The van der Waals surface area contributed by atoms with Gasteiger partial charge in [0.25, 0.3) is 5.91 Å². The molecule has 0 saturated carbocycles. The lowest BCUT2D eigenvalue weighted by molar-refractivity contribution is -0.671. The van der Waals surface area contributed by atoms with Gasteiger partial charge in [-0.1, -0.05) is 109 Å². The highest BCUT2D eigenvalue weighted by atomic mass is 32.2. The number of ketones is 1. The molecule has 0 spiro atoms.